The second kappa shape index (κ2) is 4.72. The maximum atomic E-state index is 10.4. The second-order valence-corrected chi connectivity index (χ2v) is 3.09. The first-order chi connectivity index (χ1) is 6.18. The topological polar surface area (TPSA) is 55.1 Å². The van der Waals surface area contributed by atoms with Gasteiger partial charge >= 0.3 is 0 Å². The second-order valence-electron chi connectivity index (χ2n) is 2.65. The molecule has 0 heterocycles. The van der Waals surface area contributed by atoms with E-state index in [0.717, 1.165) is 5.69 Å². The molecule has 0 aliphatic rings. The molecule has 0 radical (unpaired) electrons. The quantitative estimate of drug-likeness (QED) is 0.773. The zero-order valence-electron chi connectivity index (χ0n) is 7.09. The molecule has 0 fully saturated rings. The molecule has 0 spiro atoms. The number of halogens is 1. The molecule has 13 heavy (non-hydrogen) atoms. The lowest BCUT2D eigenvalue weighted by atomic mass is 10.3. The molecule has 0 unspecified atom stereocenters. The minimum atomic E-state index is -0.304. The van der Waals surface area contributed by atoms with Gasteiger partial charge in [0.25, 0.3) is 0 Å². The van der Waals surface area contributed by atoms with Crippen molar-refractivity contribution in [3.05, 3.63) is 29.3 Å². The van der Waals surface area contributed by atoms with E-state index >= 15 is 0 Å². The number of carbonyl (C=O) groups is 1. The molecular weight excluding hydrogens is 188 g/mol. The highest BCUT2D eigenvalue weighted by Crippen LogP contribution is 2.12. The van der Waals surface area contributed by atoms with Crippen LogP contribution in [0, 0.1) is 0 Å². The van der Waals surface area contributed by atoms with Crippen molar-refractivity contribution in [2.45, 2.75) is 6.42 Å². The Morgan fingerprint density at radius 3 is 2.54 bits per heavy atom. The Morgan fingerprint density at radius 2 is 2.00 bits per heavy atom. The number of primary amides is 1. The van der Waals surface area contributed by atoms with Crippen molar-refractivity contribution >= 4 is 23.2 Å². The first-order valence-electron chi connectivity index (χ1n) is 3.96. The molecule has 0 saturated carbocycles. The van der Waals surface area contributed by atoms with Gasteiger partial charge in [0, 0.05) is 23.7 Å². The summed E-state index contributed by atoms with van der Waals surface area (Å²) in [6.45, 7) is 0.553. The Hall–Kier alpha value is -1.22. The molecular formula is C9H11ClN2O. The summed E-state index contributed by atoms with van der Waals surface area (Å²) in [5, 5.41) is 3.74. The van der Waals surface area contributed by atoms with Crippen LogP contribution in [0.5, 0.6) is 0 Å². The monoisotopic (exact) mass is 198 g/mol. The lowest BCUT2D eigenvalue weighted by Crippen LogP contribution is -2.15. The number of amides is 1. The van der Waals surface area contributed by atoms with Gasteiger partial charge in [-0.15, -0.1) is 0 Å². The van der Waals surface area contributed by atoms with Crippen molar-refractivity contribution in [3.63, 3.8) is 0 Å². The van der Waals surface area contributed by atoms with Crippen molar-refractivity contribution < 1.29 is 4.79 Å². The van der Waals surface area contributed by atoms with Gasteiger partial charge in [-0.25, -0.2) is 0 Å². The van der Waals surface area contributed by atoms with Crippen LogP contribution >= 0.6 is 11.6 Å². The highest BCUT2D eigenvalue weighted by Gasteiger charge is 1.94. The van der Waals surface area contributed by atoms with Gasteiger partial charge in [0.05, 0.1) is 0 Å². The number of nitrogens with one attached hydrogen (secondary N) is 1. The van der Waals surface area contributed by atoms with Gasteiger partial charge in [0.1, 0.15) is 0 Å². The molecule has 0 aromatic heterocycles. The minimum absolute atomic E-state index is 0.304. The van der Waals surface area contributed by atoms with Gasteiger partial charge < -0.3 is 11.1 Å². The number of carbonyl (C=O) groups excluding carboxylic acids is 1. The molecule has 1 amide bonds. The Balaban J connectivity index is 2.37. The van der Waals surface area contributed by atoms with Crippen LogP contribution in [0.2, 0.25) is 5.02 Å². The lowest BCUT2D eigenvalue weighted by Gasteiger charge is -2.03. The molecule has 3 nitrogen and oxygen atoms in total. The number of nitrogens with two attached hydrogens (primary N) is 1. The van der Waals surface area contributed by atoms with E-state index in [2.05, 4.69) is 5.32 Å². The molecule has 0 aliphatic carbocycles. The first kappa shape index (κ1) is 9.86. The van der Waals surface area contributed by atoms with Gasteiger partial charge in [-0.3, -0.25) is 4.79 Å². The Kier molecular flexibility index (Phi) is 3.58. The average Bonchev–Trinajstić information content (AvgIpc) is 2.08. The van der Waals surface area contributed by atoms with E-state index in [0.29, 0.717) is 18.0 Å². The Bertz CT molecular complexity index is 284. The highest BCUT2D eigenvalue weighted by atomic mass is 35.5. The van der Waals surface area contributed by atoms with Gasteiger partial charge in [0.15, 0.2) is 0 Å². The van der Waals surface area contributed by atoms with Crippen LogP contribution in [0.15, 0.2) is 24.3 Å². The molecule has 1 aromatic rings. The van der Waals surface area contributed by atoms with Crippen molar-refractivity contribution in [3.8, 4) is 0 Å². The smallest absolute Gasteiger partial charge is 0.219 e. The van der Waals surface area contributed by atoms with Crippen LogP contribution < -0.4 is 11.1 Å². The molecule has 0 aliphatic heterocycles. The SMILES string of the molecule is NC(=O)CCNc1ccc(Cl)cc1. The van der Waals surface area contributed by atoms with Gasteiger partial charge in [0.2, 0.25) is 5.91 Å². The number of rotatable bonds is 4. The van der Waals surface area contributed by atoms with Crippen LogP contribution in [0.3, 0.4) is 0 Å². The summed E-state index contributed by atoms with van der Waals surface area (Å²) in [5.41, 5.74) is 5.92. The zero-order chi connectivity index (χ0) is 9.68. The van der Waals surface area contributed by atoms with E-state index in [1.54, 1.807) is 12.1 Å². The van der Waals surface area contributed by atoms with Gasteiger partial charge in [-0.05, 0) is 24.3 Å². The Labute approximate surface area is 81.9 Å². The summed E-state index contributed by atoms with van der Waals surface area (Å²) in [6.07, 6.45) is 0.336. The van der Waals surface area contributed by atoms with E-state index in [-0.39, 0.29) is 5.91 Å². The highest BCUT2D eigenvalue weighted by molar-refractivity contribution is 6.30. The summed E-state index contributed by atoms with van der Waals surface area (Å²) >= 11 is 5.69. The van der Waals surface area contributed by atoms with E-state index in [4.69, 9.17) is 17.3 Å². The number of hydrogen-bond acceptors (Lipinski definition) is 2. The number of anilines is 1. The fourth-order valence-electron chi connectivity index (χ4n) is 0.898. The predicted molar refractivity (Wildman–Crippen MR) is 53.8 cm³/mol. The number of hydrogen-bond donors (Lipinski definition) is 2. The van der Waals surface area contributed by atoms with E-state index in [9.17, 15) is 4.79 Å². The molecule has 0 atom stereocenters. The summed E-state index contributed by atoms with van der Waals surface area (Å²) in [6, 6.07) is 7.27. The van der Waals surface area contributed by atoms with Crippen molar-refractivity contribution in [2.24, 2.45) is 5.73 Å². The molecule has 3 N–H and O–H groups in total. The maximum absolute atomic E-state index is 10.4. The van der Waals surface area contributed by atoms with Crippen LogP contribution in [0.1, 0.15) is 6.42 Å². The van der Waals surface area contributed by atoms with E-state index < -0.39 is 0 Å². The molecule has 70 valence electrons. The summed E-state index contributed by atoms with van der Waals surface area (Å²) in [5.74, 6) is -0.304. The largest absolute Gasteiger partial charge is 0.385 e. The molecule has 4 heteroatoms. The summed E-state index contributed by atoms with van der Waals surface area (Å²) in [4.78, 5) is 10.4. The minimum Gasteiger partial charge on any atom is -0.385 e. The van der Waals surface area contributed by atoms with Crippen LogP contribution in [0.25, 0.3) is 0 Å². The van der Waals surface area contributed by atoms with Gasteiger partial charge in [-0.2, -0.15) is 0 Å². The first-order valence-corrected chi connectivity index (χ1v) is 4.34. The summed E-state index contributed by atoms with van der Waals surface area (Å²) in [7, 11) is 0. The third kappa shape index (κ3) is 3.80. The van der Waals surface area contributed by atoms with Crippen molar-refractivity contribution in [1.29, 1.82) is 0 Å². The molecule has 0 bridgehead atoms. The summed E-state index contributed by atoms with van der Waals surface area (Å²) < 4.78 is 0. The zero-order valence-corrected chi connectivity index (χ0v) is 7.84. The fourth-order valence-corrected chi connectivity index (χ4v) is 1.02. The lowest BCUT2D eigenvalue weighted by molar-refractivity contribution is -0.117. The standard InChI is InChI=1S/C9H11ClN2O/c10-7-1-3-8(4-2-7)12-6-5-9(11)13/h1-4,12H,5-6H2,(H2,11,13). The fraction of sp³-hybridized carbons (Fsp3) is 0.222. The van der Waals surface area contributed by atoms with Crippen molar-refractivity contribution in [2.75, 3.05) is 11.9 Å². The van der Waals surface area contributed by atoms with Crippen LogP contribution in [-0.4, -0.2) is 12.5 Å². The normalized spacial score (nSPS) is 9.62. The van der Waals surface area contributed by atoms with Crippen LogP contribution in [0.4, 0.5) is 5.69 Å². The maximum Gasteiger partial charge on any atom is 0.219 e. The Morgan fingerprint density at radius 1 is 1.38 bits per heavy atom. The van der Waals surface area contributed by atoms with Crippen LogP contribution in [-0.2, 0) is 4.79 Å². The molecule has 0 saturated heterocycles. The van der Waals surface area contributed by atoms with E-state index in [1.807, 2.05) is 12.1 Å². The number of benzene rings is 1. The molecule has 1 aromatic carbocycles. The molecule has 1 rings (SSSR count). The average molecular weight is 199 g/mol. The third-order valence-electron chi connectivity index (χ3n) is 1.54. The third-order valence-corrected chi connectivity index (χ3v) is 1.80. The van der Waals surface area contributed by atoms with Gasteiger partial charge in [-0.1, -0.05) is 11.6 Å². The van der Waals surface area contributed by atoms with Crippen molar-refractivity contribution in [1.82, 2.24) is 0 Å². The van der Waals surface area contributed by atoms with E-state index in [1.165, 1.54) is 0 Å². The predicted octanol–water partition coefficient (Wildman–Crippen LogP) is 1.63.